The van der Waals surface area contributed by atoms with Crippen molar-refractivity contribution in [3.63, 3.8) is 0 Å². The Hall–Kier alpha value is -1.40. The van der Waals surface area contributed by atoms with E-state index in [1.54, 1.807) is 34.6 Å². The summed E-state index contributed by atoms with van der Waals surface area (Å²) in [4.78, 5) is 3.87. The molecule has 1 saturated heterocycles. The number of halogens is 2. The molecule has 1 heterocycles. The molecule has 0 aromatic heterocycles. The molecule has 9 nitrogen and oxygen atoms in total. The highest BCUT2D eigenvalue weighted by atomic mass is 35.5. The monoisotopic (exact) mass is 593 g/mol. The maximum absolute atomic E-state index is 13.6. The van der Waals surface area contributed by atoms with E-state index in [0.717, 1.165) is 18.0 Å². The zero-order valence-electron chi connectivity index (χ0n) is 19.0. The molecule has 0 unspecified atom stereocenters. The topological polar surface area (TPSA) is 139 Å². The number of hydrogen-bond donors (Lipinski definition) is 2. The highest BCUT2D eigenvalue weighted by Crippen LogP contribution is 2.37. The number of benzene rings is 2. The zero-order chi connectivity index (χ0) is 26.5. The number of sulfonamides is 1. The Morgan fingerprint density at radius 1 is 0.917 bits per heavy atom. The Kier molecular flexibility index (Phi) is 10.1. The molecule has 4 rings (SSSR count). The van der Waals surface area contributed by atoms with Crippen molar-refractivity contribution in [3.8, 4) is 6.07 Å². The first-order valence-electron chi connectivity index (χ1n) is 11.0. The van der Waals surface area contributed by atoms with Crippen molar-refractivity contribution >= 4 is 55.4 Å². The number of piperazine rings is 1. The van der Waals surface area contributed by atoms with E-state index >= 15 is 0 Å². The van der Waals surface area contributed by atoms with Gasteiger partial charge in [0.15, 0.2) is 0 Å². The predicted octanol–water partition coefficient (Wildman–Crippen LogP) is 4.61. The Morgan fingerprint density at radius 3 is 2.00 bits per heavy atom. The maximum atomic E-state index is 13.6. The third-order valence-corrected chi connectivity index (χ3v) is 9.42. The van der Waals surface area contributed by atoms with Crippen molar-refractivity contribution < 1.29 is 25.9 Å². The number of rotatable bonds is 5. The van der Waals surface area contributed by atoms with Crippen molar-refractivity contribution in [2.24, 2.45) is 0 Å². The Morgan fingerprint density at radius 2 is 1.47 bits per heavy atom. The zero-order valence-corrected chi connectivity index (χ0v) is 23.0. The molecular formula is C22H25Cl2N3O6S3. The quantitative estimate of drug-likeness (QED) is 0.475. The third-order valence-electron chi connectivity index (χ3n) is 5.87. The lowest BCUT2D eigenvalue weighted by molar-refractivity contribution is 0.139. The number of hydrogen-bond acceptors (Lipinski definition) is 7. The molecule has 2 N–H and O–H groups in total. The summed E-state index contributed by atoms with van der Waals surface area (Å²) in [6.07, 6.45) is 4.94. The molecule has 14 heteroatoms. The van der Waals surface area contributed by atoms with Crippen molar-refractivity contribution in [3.05, 3.63) is 52.0 Å². The maximum Gasteiger partial charge on any atom is 0.394 e. The molecule has 2 aliphatic rings. The van der Waals surface area contributed by atoms with Gasteiger partial charge in [0.05, 0.1) is 16.5 Å². The van der Waals surface area contributed by atoms with Crippen LogP contribution in [0.4, 0.5) is 0 Å². The van der Waals surface area contributed by atoms with Crippen LogP contribution >= 0.6 is 35.0 Å². The molecule has 2 aromatic rings. The van der Waals surface area contributed by atoms with E-state index in [1.165, 1.54) is 43.5 Å². The van der Waals surface area contributed by atoms with E-state index < -0.39 is 20.4 Å². The second-order valence-electron chi connectivity index (χ2n) is 8.31. The summed E-state index contributed by atoms with van der Waals surface area (Å²) in [6.45, 7) is 2.41. The van der Waals surface area contributed by atoms with Crippen LogP contribution in [0.3, 0.4) is 0 Å². The van der Waals surface area contributed by atoms with Crippen molar-refractivity contribution in [1.29, 1.82) is 5.26 Å². The lowest BCUT2D eigenvalue weighted by Gasteiger charge is -2.37. The van der Waals surface area contributed by atoms with Gasteiger partial charge in [-0.1, -0.05) is 47.8 Å². The van der Waals surface area contributed by atoms with Gasteiger partial charge in [-0.2, -0.15) is 18.0 Å². The van der Waals surface area contributed by atoms with Gasteiger partial charge >= 0.3 is 10.4 Å². The fourth-order valence-electron chi connectivity index (χ4n) is 4.30. The van der Waals surface area contributed by atoms with Crippen molar-refractivity contribution in [1.82, 2.24) is 9.21 Å². The minimum atomic E-state index is -4.67. The van der Waals surface area contributed by atoms with Crippen LogP contribution in [0.5, 0.6) is 0 Å². The smallest absolute Gasteiger partial charge is 0.298 e. The first kappa shape index (κ1) is 29.2. The first-order valence-corrected chi connectivity index (χ1v) is 15.4. The van der Waals surface area contributed by atoms with Crippen LogP contribution in [0.15, 0.2) is 51.1 Å². The molecule has 2 fully saturated rings. The van der Waals surface area contributed by atoms with Crippen molar-refractivity contribution in [2.45, 2.75) is 46.4 Å². The largest absolute Gasteiger partial charge is 0.394 e. The molecule has 196 valence electrons. The van der Waals surface area contributed by atoms with Gasteiger partial charge in [-0.3, -0.25) is 14.0 Å². The van der Waals surface area contributed by atoms with Gasteiger partial charge in [-0.05, 0) is 49.2 Å². The molecule has 0 radical (unpaired) electrons. The van der Waals surface area contributed by atoms with Crippen LogP contribution < -0.4 is 0 Å². The minimum absolute atomic E-state index is 0.155. The summed E-state index contributed by atoms with van der Waals surface area (Å²) in [5.41, 5.74) is 0.316. The average Bonchev–Trinajstić information content (AvgIpc) is 3.32. The highest BCUT2D eigenvalue weighted by Gasteiger charge is 2.33. The second kappa shape index (κ2) is 12.4. The summed E-state index contributed by atoms with van der Waals surface area (Å²) >= 11 is 13.5. The van der Waals surface area contributed by atoms with Crippen LogP contribution in [0.1, 0.15) is 31.2 Å². The standard InChI is InChI=1S/C22H23Cl2N3O2S2.H2O4S/c23-17-12-18(24)14-20(13-17)30-21-6-5-16(15-25)11-22(21)31(28,29)27-9-7-26(8-10-27)19-3-1-2-4-19;1-5(2,3)4/h5-6,11-14,19H,1-4,7-10H2;(H2,1,2,3,4). The molecule has 1 aliphatic carbocycles. The minimum Gasteiger partial charge on any atom is -0.298 e. The summed E-state index contributed by atoms with van der Waals surface area (Å²) in [5.74, 6) is 0. The molecule has 0 amide bonds. The number of nitriles is 1. The van der Waals surface area contributed by atoms with Gasteiger partial charge in [0.1, 0.15) is 0 Å². The van der Waals surface area contributed by atoms with Gasteiger partial charge in [0, 0.05) is 52.1 Å². The molecule has 0 atom stereocenters. The predicted molar refractivity (Wildman–Crippen MR) is 139 cm³/mol. The lowest BCUT2D eigenvalue weighted by Crippen LogP contribution is -2.51. The highest BCUT2D eigenvalue weighted by molar-refractivity contribution is 8.00. The van der Waals surface area contributed by atoms with Crippen LogP contribution in [0.2, 0.25) is 10.0 Å². The summed E-state index contributed by atoms with van der Waals surface area (Å²) in [7, 11) is -8.41. The molecule has 0 spiro atoms. The van der Waals surface area contributed by atoms with Gasteiger partial charge in [-0.15, -0.1) is 0 Å². The van der Waals surface area contributed by atoms with E-state index in [4.69, 9.17) is 40.7 Å². The van der Waals surface area contributed by atoms with E-state index in [2.05, 4.69) is 11.0 Å². The van der Waals surface area contributed by atoms with Crippen LogP contribution in [0, 0.1) is 11.3 Å². The number of nitrogens with zero attached hydrogens (tertiary/aromatic N) is 3. The van der Waals surface area contributed by atoms with Gasteiger partial charge in [0.25, 0.3) is 0 Å². The fraction of sp³-hybridized carbons (Fsp3) is 0.409. The molecule has 0 bridgehead atoms. The molecule has 36 heavy (non-hydrogen) atoms. The molecule has 2 aromatic carbocycles. The normalized spacial score (nSPS) is 17.9. The molecule has 1 aliphatic heterocycles. The van der Waals surface area contributed by atoms with Crippen molar-refractivity contribution in [2.75, 3.05) is 26.2 Å². The SMILES string of the molecule is N#Cc1ccc(Sc2cc(Cl)cc(Cl)c2)c(S(=O)(=O)N2CCN(C3CCCC3)CC2)c1.O=S(=O)(O)O. The van der Waals surface area contributed by atoms with E-state index in [-0.39, 0.29) is 4.90 Å². The third kappa shape index (κ3) is 8.31. The summed E-state index contributed by atoms with van der Waals surface area (Å²) < 4.78 is 60.3. The fourth-order valence-corrected chi connectivity index (χ4v) is 7.83. The van der Waals surface area contributed by atoms with Crippen LogP contribution in [-0.2, 0) is 20.4 Å². The van der Waals surface area contributed by atoms with Crippen LogP contribution in [-0.4, -0.2) is 67.4 Å². The summed E-state index contributed by atoms with van der Waals surface area (Å²) in [5, 5.41) is 10.3. The van der Waals surface area contributed by atoms with Crippen LogP contribution in [0.25, 0.3) is 0 Å². The van der Waals surface area contributed by atoms with E-state index in [9.17, 15) is 13.7 Å². The van der Waals surface area contributed by atoms with Gasteiger partial charge in [-0.25, -0.2) is 8.42 Å². The Balaban J connectivity index is 0.000000658. The van der Waals surface area contributed by atoms with E-state index in [1.807, 2.05) is 0 Å². The first-order chi connectivity index (χ1) is 16.9. The second-order valence-corrected chi connectivity index (χ2v) is 13.1. The van der Waals surface area contributed by atoms with Gasteiger partial charge < -0.3 is 0 Å². The Bertz CT molecular complexity index is 1310. The average molecular weight is 595 g/mol. The molecule has 1 saturated carbocycles. The van der Waals surface area contributed by atoms with Gasteiger partial charge in [0.2, 0.25) is 10.0 Å². The van der Waals surface area contributed by atoms with E-state index in [0.29, 0.717) is 39.6 Å². The molecular weight excluding hydrogens is 569 g/mol. The summed E-state index contributed by atoms with van der Waals surface area (Å²) in [6, 6.07) is 12.5. The Labute approximate surface area is 225 Å². The lowest BCUT2D eigenvalue weighted by atomic mass is 10.2.